The Morgan fingerprint density at radius 1 is 1.00 bits per heavy atom. The number of aliphatic hydroxyl groups is 1. The summed E-state index contributed by atoms with van der Waals surface area (Å²) in [6.07, 6.45) is -0.362. The first-order valence-electron chi connectivity index (χ1n) is 14.3. The van der Waals surface area contributed by atoms with E-state index < -0.39 is 16.1 Å². The van der Waals surface area contributed by atoms with Gasteiger partial charge in [0.15, 0.2) is 11.5 Å². The van der Waals surface area contributed by atoms with Gasteiger partial charge in [-0.25, -0.2) is 8.42 Å². The molecule has 1 amide bonds. The molecule has 3 aromatic carbocycles. The second kappa shape index (κ2) is 12.5. The third-order valence-electron chi connectivity index (χ3n) is 7.90. The number of likely N-dealkylation sites (N-methyl/N-ethyl adjacent to an activating group) is 1. The van der Waals surface area contributed by atoms with Crippen LogP contribution in [0.1, 0.15) is 29.8 Å². The lowest BCUT2D eigenvalue weighted by Crippen LogP contribution is -2.49. The minimum Gasteiger partial charge on any atom is -0.487 e. The second-order valence-corrected chi connectivity index (χ2v) is 13.4. The molecule has 2 heterocycles. The Hall–Kier alpha value is -3.64. The maximum atomic E-state index is 13.9. The zero-order valence-electron chi connectivity index (χ0n) is 25.2. The van der Waals surface area contributed by atoms with Gasteiger partial charge in [0.1, 0.15) is 16.7 Å². The van der Waals surface area contributed by atoms with E-state index in [9.17, 15) is 18.3 Å². The van der Waals surface area contributed by atoms with Gasteiger partial charge in [-0.15, -0.1) is 0 Å². The number of rotatable bonds is 8. The van der Waals surface area contributed by atoms with Crippen LogP contribution in [0.15, 0.2) is 65.6 Å². The van der Waals surface area contributed by atoms with E-state index in [1.165, 1.54) is 9.21 Å². The monoisotopic (exact) mass is 609 g/mol. The van der Waals surface area contributed by atoms with Gasteiger partial charge in [-0.05, 0) is 67.1 Å². The highest BCUT2D eigenvalue weighted by Gasteiger charge is 2.38. The molecule has 0 unspecified atom stereocenters. The van der Waals surface area contributed by atoms with Gasteiger partial charge in [0.2, 0.25) is 16.8 Å². The Morgan fingerprint density at radius 3 is 2.49 bits per heavy atom. The fraction of sp³-hybridized carbons (Fsp3) is 0.406. The molecule has 11 heteroatoms. The first-order chi connectivity index (χ1) is 20.5. The number of carbonyl (C=O) groups is 1. The van der Waals surface area contributed by atoms with Gasteiger partial charge in [-0.2, -0.15) is 4.31 Å². The van der Waals surface area contributed by atoms with Gasteiger partial charge in [0, 0.05) is 51.3 Å². The molecule has 230 valence electrons. The molecular formula is C32H39N3O7S. The molecule has 0 saturated carbocycles. The normalized spacial score (nSPS) is 20.1. The molecule has 1 N–H and O–H groups in total. The Kier molecular flexibility index (Phi) is 8.98. The van der Waals surface area contributed by atoms with E-state index in [-0.39, 0.29) is 48.5 Å². The number of benzene rings is 3. The number of carbonyl (C=O) groups excluding carboxylic acids is 1. The van der Waals surface area contributed by atoms with E-state index in [1.807, 2.05) is 38.2 Å². The van der Waals surface area contributed by atoms with Crippen molar-refractivity contribution in [1.82, 2.24) is 14.1 Å². The molecule has 0 spiro atoms. The van der Waals surface area contributed by atoms with E-state index in [4.69, 9.17) is 14.2 Å². The van der Waals surface area contributed by atoms with Crippen LogP contribution in [0.3, 0.4) is 0 Å². The molecule has 0 saturated heterocycles. The molecule has 0 bridgehead atoms. The van der Waals surface area contributed by atoms with Crippen LogP contribution >= 0.6 is 0 Å². The van der Waals surface area contributed by atoms with Crippen molar-refractivity contribution in [3.63, 3.8) is 0 Å². The molecule has 43 heavy (non-hydrogen) atoms. The third-order valence-corrected chi connectivity index (χ3v) is 9.92. The number of fused-ring (bicyclic) bond motifs is 2. The maximum Gasteiger partial charge on any atom is 0.253 e. The molecule has 5 rings (SSSR count). The van der Waals surface area contributed by atoms with Crippen molar-refractivity contribution < 1.29 is 32.5 Å². The van der Waals surface area contributed by atoms with Gasteiger partial charge in [-0.1, -0.05) is 31.2 Å². The minimum atomic E-state index is -3.98. The second-order valence-electron chi connectivity index (χ2n) is 11.6. The lowest BCUT2D eigenvalue weighted by Gasteiger charge is -2.37. The summed E-state index contributed by atoms with van der Waals surface area (Å²) in [5.41, 5.74) is 3.08. The average molecular weight is 610 g/mol. The number of aliphatic hydroxyl groups excluding tert-OH is 1. The quantitative estimate of drug-likeness (QED) is 0.412. The summed E-state index contributed by atoms with van der Waals surface area (Å²) in [5, 5.41) is 9.96. The Balaban J connectivity index is 1.49. The smallest absolute Gasteiger partial charge is 0.253 e. The summed E-state index contributed by atoms with van der Waals surface area (Å²) in [6, 6.07) is 17.5. The summed E-state index contributed by atoms with van der Waals surface area (Å²) in [4.78, 5) is 16.3. The highest BCUT2D eigenvalue weighted by atomic mass is 32.2. The minimum absolute atomic E-state index is 0.0485. The van der Waals surface area contributed by atoms with Crippen LogP contribution < -0.4 is 14.2 Å². The van der Waals surface area contributed by atoms with E-state index in [2.05, 4.69) is 4.90 Å². The standard InChI is InChI=1S/C32H39N3O7S/c1-21-16-35(22(2)19-36)43(38,39)31-12-10-25(24-7-6-8-26(14-24)32(37)33(3)4)15-29(31)42-30(21)18-34(5)17-23-9-11-27-28(13-23)41-20-40-27/h6-15,21-22,30,36H,16-20H2,1-5H3/t21-,22-,30-/m0/s1. The van der Waals surface area contributed by atoms with Crippen molar-refractivity contribution in [3.8, 4) is 28.4 Å². The van der Waals surface area contributed by atoms with Crippen molar-refractivity contribution in [2.45, 2.75) is 37.4 Å². The Morgan fingerprint density at radius 2 is 1.74 bits per heavy atom. The number of nitrogens with zero attached hydrogens (tertiary/aromatic N) is 3. The topological polar surface area (TPSA) is 109 Å². The molecule has 0 radical (unpaired) electrons. The lowest BCUT2D eigenvalue weighted by atomic mass is 10.0. The van der Waals surface area contributed by atoms with Crippen LogP contribution in [-0.2, 0) is 16.6 Å². The molecule has 3 atom stereocenters. The maximum absolute atomic E-state index is 13.9. The molecule has 3 aromatic rings. The fourth-order valence-electron chi connectivity index (χ4n) is 5.44. The summed E-state index contributed by atoms with van der Waals surface area (Å²) < 4.78 is 46.7. The van der Waals surface area contributed by atoms with Crippen molar-refractivity contribution in [3.05, 3.63) is 71.8 Å². The summed E-state index contributed by atoms with van der Waals surface area (Å²) in [5.74, 6) is 1.37. The van der Waals surface area contributed by atoms with E-state index in [1.54, 1.807) is 57.4 Å². The predicted octanol–water partition coefficient (Wildman–Crippen LogP) is 3.68. The van der Waals surface area contributed by atoms with Gasteiger partial charge in [0.05, 0.1) is 6.61 Å². The van der Waals surface area contributed by atoms with Gasteiger partial charge in [-0.3, -0.25) is 9.69 Å². The summed E-state index contributed by atoms with van der Waals surface area (Å²) in [6.45, 7) is 4.92. The number of amides is 1. The van der Waals surface area contributed by atoms with Gasteiger partial charge in [0.25, 0.3) is 5.91 Å². The van der Waals surface area contributed by atoms with Crippen LogP contribution in [0, 0.1) is 5.92 Å². The lowest BCUT2D eigenvalue weighted by molar-refractivity contribution is 0.0734. The first-order valence-corrected chi connectivity index (χ1v) is 15.7. The van der Waals surface area contributed by atoms with Crippen LogP contribution in [0.25, 0.3) is 11.1 Å². The zero-order valence-corrected chi connectivity index (χ0v) is 26.0. The van der Waals surface area contributed by atoms with Crippen LogP contribution in [0.2, 0.25) is 0 Å². The van der Waals surface area contributed by atoms with Crippen molar-refractivity contribution >= 4 is 15.9 Å². The van der Waals surface area contributed by atoms with E-state index in [0.29, 0.717) is 18.7 Å². The van der Waals surface area contributed by atoms with Crippen molar-refractivity contribution in [2.24, 2.45) is 5.92 Å². The third kappa shape index (κ3) is 6.50. The van der Waals surface area contributed by atoms with Crippen molar-refractivity contribution in [2.75, 3.05) is 47.6 Å². The molecule has 0 aromatic heterocycles. The van der Waals surface area contributed by atoms with Crippen LogP contribution in [-0.4, -0.2) is 93.3 Å². The molecule has 2 aliphatic heterocycles. The Labute approximate surface area is 253 Å². The number of hydrogen-bond acceptors (Lipinski definition) is 8. The largest absolute Gasteiger partial charge is 0.487 e. The number of sulfonamides is 1. The fourth-order valence-corrected chi connectivity index (χ4v) is 7.26. The Bertz CT molecular complexity index is 1590. The van der Waals surface area contributed by atoms with Gasteiger partial charge < -0.3 is 24.2 Å². The molecule has 0 fully saturated rings. The highest BCUT2D eigenvalue weighted by molar-refractivity contribution is 7.89. The van der Waals surface area contributed by atoms with Gasteiger partial charge >= 0.3 is 0 Å². The summed E-state index contributed by atoms with van der Waals surface area (Å²) >= 11 is 0. The predicted molar refractivity (Wildman–Crippen MR) is 163 cm³/mol. The van der Waals surface area contributed by atoms with Crippen LogP contribution in [0.4, 0.5) is 0 Å². The molecule has 0 aliphatic carbocycles. The number of hydrogen-bond donors (Lipinski definition) is 1. The molecular weight excluding hydrogens is 570 g/mol. The molecule has 2 aliphatic rings. The molecule has 10 nitrogen and oxygen atoms in total. The first kappa shape index (κ1) is 30.8. The number of ether oxygens (including phenoxy) is 3. The summed E-state index contributed by atoms with van der Waals surface area (Å²) in [7, 11) is 1.41. The van der Waals surface area contributed by atoms with E-state index in [0.717, 1.165) is 28.2 Å². The zero-order chi connectivity index (χ0) is 30.9. The highest BCUT2D eigenvalue weighted by Crippen LogP contribution is 2.37. The van der Waals surface area contributed by atoms with Crippen LogP contribution in [0.5, 0.6) is 17.2 Å². The average Bonchev–Trinajstić information content (AvgIpc) is 3.46. The van der Waals surface area contributed by atoms with Crippen molar-refractivity contribution in [1.29, 1.82) is 0 Å². The SMILES string of the molecule is C[C@H]1CN([C@@H](C)CO)S(=O)(=O)c2ccc(-c3cccc(C(=O)N(C)C)c3)cc2O[C@H]1CN(C)Cc1ccc2c(c1)OCO2. The van der Waals surface area contributed by atoms with E-state index >= 15 is 0 Å².